The van der Waals surface area contributed by atoms with Crippen molar-refractivity contribution in [2.75, 3.05) is 57.4 Å². The minimum absolute atomic E-state index is 0.0811. The Bertz CT molecular complexity index is 703. The number of piperidine rings is 1. The molecule has 3 aliphatic heterocycles. The summed E-state index contributed by atoms with van der Waals surface area (Å²) in [5.41, 5.74) is 0.401. The molecule has 0 bridgehead atoms. The van der Waals surface area contributed by atoms with Crippen LogP contribution in [-0.4, -0.2) is 89.9 Å². The van der Waals surface area contributed by atoms with Gasteiger partial charge in [-0.15, -0.1) is 0 Å². The quantitative estimate of drug-likeness (QED) is 0.726. The first-order valence-corrected chi connectivity index (χ1v) is 9.47. The van der Waals surface area contributed by atoms with Gasteiger partial charge in [0.2, 0.25) is 11.9 Å². The Morgan fingerprint density at radius 2 is 1.67 bits per heavy atom. The molecule has 0 aliphatic carbocycles. The fraction of sp³-hybridized carbons (Fsp3) is 0.667. The lowest BCUT2D eigenvalue weighted by atomic mass is 10.0. The van der Waals surface area contributed by atoms with Crippen LogP contribution in [-0.2, 0) is 14.3 Å². The van der Waals surface area contributed by atoms with Gasteiger partial charge in [0, 0.05) is 65.2 Å². The van der Waals surface area contributed by atoms with Gasteiger partial charge in [-0.25, -0.2) is 9.97 Å². The number of likely N-dealkylation sites (tertiary alicyclic amines) is 1. The van der Waals surface area contributed by atoms with Crippen LogP contribution in [0.3, 0.4) is 0 Å². The fourth-order valence-corrected chi connectivity index (χ4v) is 3.84. The lowest BCUT2D eigenvalue weighted by Crippen LogP contribution is -2.49. The van der Waals surface area contributed by atoms with Crippen LogP contribution in [0.5, 0.6) is 0 Å². The van der Waals surface area contributed by atoms with Crippen molar-refractivity contribution in [3.63, 3.8) is 0 Å². The molecule has 0 unspecified atom stereocenters. The zero-order valence-corrected chi connectivity index (χ0v) is 15.6. The van der Waals surface area contributed by atoms with E-state index in [2.05, 4.69) is 9.97 Å². The van der Waals surface area contributed by atoms with Gasteiger partial charge in [0.1, 0.15) is 5.69 Å². The molecule has 1 aromatic rings. The monoisotopic (exact) mass is 375 g/mol. The first-order valence-electron chi connectivity index (χ1n) is 9.47. The van der Waals surface area contributed by atoms with Crippen molar-refractivity contribution in [1.82, 2.24) is 19.8 Å². The second-order valence-electron chi connectivity index (χ2n) is 7.13. The summed E-state index contributed by atoms with van der Waals surface area (Å²) in [6, 6.07) is 1.66. The molecular formula is C18H25N5O4. The Labute approximate surface area is 158 Å². The smallest absolute Gasteiger partial charge is 0.272 e. The van der Waals surface area contributed by atoms with Crippen LogP contribution in [0.4, 0.5) is 5.95 Å². The molecule has 0 N–H and O–H groups in total. The first kappa shape index (κ1) is 18.1. The molecule has 146 valence electrons. The van der Waals surface area contributed by atoms with Crippen LogP contribution in [0.15, 0.2) is 12.3 Å². The molecule has 0 atom stereocenters. The summed E-state index contributed by atoms with van der Waals surface area (Å²) in [4.78, 5) is 38.8. The maximum absolute atomic E-state index is 12.9. The lowest BCUT2D eigenvalue weighted by Gasteiger charge is -2.37. The molecule has 2 amide bonds. The molecule has 0 saturated carbocycles. The summed E-state index contributed by atoms with van der Waals surface area (Å²) in [7, 11) is 0. The van der Waals surface area contributed by atoms with Crippen molar-refractivity contribution in [1.29, 1.82) is 0 Å². The fourth-order valence-electron chi connectivity index (χ4n) is 3.84. The second kappa shape index (κ2) is 7.40. The van der Waals surface area contributed by atoms with E-state index in [1.807, 2.05) is 9.80 Å². The summed E-state index contributed by atoms with van der Waals surface area (Å²) >= 11 is 0. The summed E-state index contributed by atoms with van der Waals surface area (Å²) in [6.45, 7) is 6.63. The maximum atomic E-state index is 12.9. The largest absolute Gasteiger partial charge is 0.347 e. The molecule has 3 saturated heterocycles. The SMILES string of the molecule is CC(=O)N1CCN(c2nccc(C(=O)N3CCC4(CC3)OCCO4)n2)CC1. The molecule has 27 heavy (non-hydrogen) atoms. The lowest BCUT2D eigenvalue weighted by molar-refractivity contribution is -0.181. The van der Waals surface area contributed by atoms with Crippen LogP contribution in [0.2, 0.25) is 0 Å². The Hall–Kier alpha value is -2.26. The van der Waals surface area contributed by atoms with E-state index in [0.717, 1.165) is 0 Å². The Morgan fingerprint density at radius 3 is 2.30 bits per heavy atom. The highest BCUT2D eigenvalue weighted by Gasteiger charge is 2.41. The van der Waals surface area contributed by atoms with Gasteiger partial charge < -0.3 is 24.2 Å². The standard InChI is InChI=1S/C18H25N5O4/c1-14(24)21-8-10-23(11-9-21)17-19-5-2-15(20-17)16(25)22-6-3-18(4-7-22)26-12-13-27-18/h2,5H,3-4,6-13H2,1H3. The third-order valence-electron chi connectivity index (χ3n) is 5.50. The number of amides is 2. The number of hydrogen-bond acceptors (Lipinski definition) is 7. The highest BCUT2D eigenvalue weighted by Crippen LogP contribution is 2.31. The summed E-state index contributed by atoms with van der Waals surface area (Å²) < 4.78 is 11.4. The molecule has 1 spiro atoms. The summed E-state index contributed by atoms with van der Waals surface area (Å²) in [6.07, 6.45) is 2.99. The number of ether oxygens (including phenoxy) is 2. The van der Waals surface area contributed by atoms with Gasteiger partial charge in [0.15, 0.2) is 5.79 Å². The topological polar surface area (TPSA) is 88.1 Å². The van der Waals surface area contributed by atoms with E-state index in [9.17, 15) is 9.59 Å². The molecule has 3 fully saturated rings. The van der Waals surface area contributed by atoms with E-state index in [1.165, 1.54) is 0 Å². The molecule has 3 aliphatic rings. The van der Waals surface area contributed by atoms with Crippen LogP contribution in [0, 0.1) is 0 Å². The molecule has 0 radical (unpaired) electrons. The Balaban J connectivity index is 1.39. The maximum Gasteiger partial charge on any atom is 0.272 e. The molecular weight excluding hydrogens is 350 g/mol. The number of anilines is 1. The molecule has 4 heterocycles. The van der Waals surface area contributed by atoms with E-state index in [-0.39, 0.29) is 11.8 Å². The summed E-state index contributed by atoms with van der Waals surface area (Å²) in [5.74, 6) is 0.0377. The van der Waals surface area contributed by atoms with Crippen LogP contribution < -0.4 is 4.90 Å². The highest BCUT2D eigenvalue weighted by atomic mass is 16.7. The van der Waals surface area contributed by atoms with E-state index in [4.69, 9.17) is 9.47 Å². The van der Waals surface area contributed by atoms with E-state index >= 15 is 0 Å². The third kappa shape index (κ3) is 3.74. The van der Waals surface area contributed by atoms with Crippen LogP contribution >= 0.6 is 0 Å². The molecule has 9 nitrogen and oxygen atoms in total. The average Bonchev–Trinajstić information content (AvgIpc) is 3.16. The summed E-state index contributed by atoms with van der Waals surface area (Å²) in [5, 5.41) is 0. The predicted molar refractivity (Wildman–Crippen MR) is 96.3 cm³/mol. The van der Waals surface area contributed by atoms with Gasteiger partial charge in [-0.05, 0) is 6.07 Å². The van der Waals surface area contributed by atoms with Crippen molar-refractivity contribution < 1.29 is 19.1 Å². The highest BCUT2D eigenvalue weighted by molar-refractivity contribution is 5.92. The van der Waals surface area contributed by atoms with Crippen molar-refractivity contribution in [2.24, 2.45) is 0 Å². The number of hydrogen-bond donors (Lipinski definition) is 0. The first-order chi connectivity index (χ1) is 13.1. The van der Waals surface area contributed by atoms with Gasteiger partial charge in [-0.1, -0.05) is 0 Å². The number of nitrogens with zero attached hydrogens (tertiary/aromatic N) is 5. The van der Waals surface area contributed by atoms with Crippen molar-refractivity contribution in [3.05, 3.63) is 18.0 Å². The Kier molecular flexibility index (Phi) is 4.96. The second-order valence-corrected chi connectivity index (χ2v) is 7.13. The zero-order chi connectivity index (χ0) is 18.9. The van der Waals surface area contributed by atoms with Gasteiger partial charge in [-0.2, -0.15) is 0 Å². The molecule has 9 heteroatoms. The minimum Gasteiger partial charge on any atom is -0.347 e. The average molecular weight is 375 g/mol. The van der Waals surface area contributed by atoms with E-state index in [1.54, 1.807) is 24.1 Å². The third-order valence-corrected chi connectivity index (χ3v) is 5.50. The molecule has 4 rings (SSSR count). The van der Waals surface area contributed by atoms with Gasteiger partial charge in [0.05, 0.1) is 13.2 Å². The van der Waals surface area contributed by atoms with Gasteiger partial charge >= 0.3 is 0 Å². The predicted octanol–water partition coefficient (Wildman–Crippen LogP) is 0.124. The van der Waals surface area contributed by atoms with Crippen LogP contribution in [0.25, 0.3) is 0 Å². The number of piperazine rings is 1. The normalized spacial score (nSPS) is 22.3. The van der Waals surface area contributed by atoms with Gasteiger partial charge in [0.25, 0.3) is 5.91 Å². The number of rotatable bonds is 2. The van der Waals surface area contributed by atoms with Crippen LogP contribution in [0.1, 0.15) is 30.3 Å². The van der Waals surface area contributed by atoms with E-state index < -0.39 is 5.79 Å². The zero-order valence-electron chi connectivity index (χ0n) is 15.6. The Morgan fingerprint density at radius 1 is 1.00 bits per heavy atom. The van der Waals surface area contributed by atoms with Gasteiger partial charge in [-0.3, -0.25) is 9.59 Å². The number of carbonyl (C=O) groups is 2. The molecule has 1 aromatic heterocycles. The number of carbonyl (C=O) groups excluding carboxylic acids is 2. The van der Waals surface area contributed by atoms with Crippen molar-refractivity contribution >= 4 is 17.8 Å². The van der Waals surface area contributed by atoms with E-state index in [0.29, 0.717) is 77.0 Å². The van der Waals surface area contributed by atoms with Crippen molar-refractivity contribution in [2.45, 2.75) is 25.6 Å². The molecule has 0 aromatic carbocycles. The number of aromatic nitrogens is 2. The minimum atomic E-state index is -0.496. The van der Waals surface area contributed by atoms with Crippen molar-refractivity contribution in [3.8, 4) is 0 Å².